The summed E-state index contributed by atoms with van der Waals surface area (Å²) in [5, 5.41) is 5.09. The number of ether oxygens (including phenoxy) is 2. The molecule has 0 saturated heterocycles. The molecule has 0 spiro atoms. The maximum Gasteiger partial charge on any atom is 0.204 e. The number of methoxy groups -OCH3 is 1. The molecule has 0 amide bonds. The number of nitrogens with one attached hydrogen (secondary N) is 1. The zero-order valence-electron chi connectivity index (χ0n) is 16.3. The number of aromatic nitrogens is 1. The van der Waals surface area contributed by atoms with E-state index in [0.717, 1.165) is 26.5 Å². The van der Waals surface area contributed by atoms with Crippen molar-refractivity contribution in [2.75, 3.05) is 12.5 Å². The van der Waals surface area contributed by atoms with Crippen LogP contribution in [0.4, 0.5) is 5.13 Å². The first kappa shape index (κ1) is 19.0. The molecule has 3 aromatic carbocycles. The van der Waals surface area contributed by atoms with Crippen molar-refractivity contribution < 1.29 is 9.47 Å². The molecule has 0 radical (unpaired) electrons. The van der Waals surface area contributed by atoms with Gasteiger partial charge in [-0.05, 0) is 36.8 Å². The number of hydrazone groups is 1. The molecule has 6 heteroatoms. The summed E-state index contributed by atoms with van der Waals surface area (Å²) in [4.78, 5) is 4.52. The van der Waals surface area contributed by atoms with Crippen LogP contribution in [0.1, 0.15) is 16.7 Å². The van der Waals surface area contributed by atoms with Gasteiger partial charge in [-0.2, -0.15) is 5.10 Å². The minimum Gasteiger partial charge on any atom is -0.493 e. The topological polar surface area (TPSA) is 55.7 Å². The Kier molecular flexibility index (Phi) is 5.72. The Hall–Kier alpha value is -3.38. The molecule has 0 aliphatic rings. The van der Waals surface area contributed by atoms with E-state index in [-0.39, 0.29) is 0 Å². The predicted octanol–water partition coefficient (Wildman–Crippen LogP) is 5.64. The second-order valence-corrected chi connectivity index (χ2v) is 7.54. The number of anilines is 1. The zero-order valence-corrected chi connectivity index (χ0v) is 17.1. The van der Waals surface area contributed by atoms with Gasteiger partial charge in [0.1, 0.15) is 6.61 Å². The summed E-state index contributed by atoms with van der Waals surface area (Å²) in [5.41, 5.74) is 7.10. The van der Waals surface area contributed by atoms with Gasteiger partial charge in [-0.3, -0.25) is 5.43 Å². The molecule has 0 fully saturated rings. The molecule has 29 heavy (non-hydrogen) atoms. The minimum absolute atomic E-state index is 0.453. The zero-order chi connectivity index (χ0) is 20.1. The average Bonchev–Trinajstić information content (AvgIpc) is 3.15. The highest BCUT2D eigenvalue weighted by molar-refractivity contribution is 7.22. The lowest BCUT2D eigenvalue weighted by molar-refractivity contribution is 0.284. The van der Waals surface area contributed by atoms with E-state index in [1.54, 1.807) is 24.7 Å². The van der Waals surface area contributed by atoms with Gasteiger partial charge in [0.15, 0.2) is 11.5 Å². The van der Waals surface area contributed by atoms with Crippen LogP contribution in [0.2, 0.25) is 0 Å². The van der Waals surface area contributed by atoms with Gasteiger partial charge in [0.25, 0.3) is 0 Å². The number of hydrogen-bond donors (Lipinski definition) is 1. The van der Waals surface area contributed by atoms with Gasteiger partial charge in [0, 0.05) is 5.56 Å². The van der Waals surface area contributed by atoms with Crippen LogP contribution in [0.15, 0.2) is 71.8 Å². The van der Waals surface area contributed by atoms with Gasteiger partial charge in [-0.25, -0.2) is 4.98 Å². The molecule has 5 nitrogen and oxygen atoms in total. The highest BCUT2D eigenvalue weighted by Gasteiger charge is 2.10. The number of hydrogen-bond acceptors (Lipinski definition) is 6. The van der Waals surface area contributed by atoms with E-state index < -0.39 is 0 Å². The molecule has 4 aromatic rings. The number of rotatable bonds is 7. The summed E-state index contributed by atoms with van der Waals surface area (Å²) < 4.78 is 12.7. The van der Waals surface area contributed by atoms with Crippen molar-refractivity contribution in [3.05, 3.63) is 83.4 Å². The molecule has 4 rings (SSSR count). The summed E-state index contributed by atoms with van der Waals surface area (Å²) in [6.45, 7) is 2.52. The van der Waals surface area contributed by atoms with Crippen LogP contribution in [-0.4, -0.2) is 18.3 Å². The number of fused-ring (bicyclic) bond motifs is 1. The summed E-state index contributed by atoms with van der Waals surface area (Å²) in [5.74, 6) is 1.33. The third-order valence-corrected chi connectivity index (χ3v) is 5.29. The second kappa shape index (κ2) is 8.75. The quantitative estimate of drug-likeness (QED) is 0.321. The second-order valence-electron chi connectivity index (χ2n) is 6.51. The van der Waals surface area contributed by atoms with Crippen LogP contribution in [-0.2, 0) is 6.61 Å². The van der Waals surface area contributed by atoms with E-state index in [0.29, 0.717) is 18.1 Å². The number of benzene rings is 3. The smallest absolute Gasteiger partial charge is 0.204 e. The molecular formula is C23H21N3O2S. The first-order valence-corrected chi connectivity index (χ1v) is 10.0. The lowest BCUT2D eigenvalue weighted by Crippen LogP contribution is -2.01. The van der Waals surface area contributed by atoms with E-state index in [4.69, 9.17) is 9.47 Å². The fourth-order valence-electron chi connectivity index (χ4n) is 2.98. The fraction of sp³-hybridized carbons (Fsp3) is 0.130. The first-order chi connectivity index (χ1) is 14.2. The van der Waals surface area contributed by atoms with Gasteiger partial charge in [0.05, 0.1) is 23.5 Å². The molecule has 0 aliphatic heterocycles. The van der Waals surface area contributed by atoms with E-state index in [1.807, 2.05) is 54.6 Å². The maximum absolute atomic E-state index is 6.09. The SMILES string of the molecule is COc1cccc(/C=N\Nc2nc3ccccc3s2)c1OCc1cccc(C)c1. The normalized spacial score (nSPS) is 11.1. The largest absolute Gasteiger partial charge is 0.493 e. The lowest BCUT2D eigenvalue weighted by Gasteiger charge is -2.13. The summed E-state index contributed by atoms with van der Waals surface area (Å²) >= 11 is 1.56. The Labute approximate surface area is 173 Å². The van der Waals surface area contributed by atoms with E-state index in [2.05, 4.69) is 34.6 Å². The van der Waals surface area contributed by atoms with E-state index in [1.165, 1.54) is 5.56 Å². The van der Waals surface area contributed by atoms with Gasteiger partial charge in [-0.1, -0.05) is 59.4 Å². The van der Waals surface area contributed by atoms with Gasteiger partial charge < -0.3 is 9.47 Å². The van der Waals surface area contributed by atoms with E-state index >= 15 is 0 Å². The van der Waals surface area contributed by atoms with Crippen LogP contribution in [0, 0.1) is 6.92 Å². The molecule has 1 heterocycles. The van der Waals surface area contributed by atoms with Crippen LogP contribution >= 0.6 is 11.3 Å². The molecule has 0 bridgehead atoms. The molecule has 1 N–H and O–H groups in total. The number of nitrogens with zero attached hydrogens (tertiary/aromatic N) is 2. The van der Waals surface area contributed by atoms with Crippen molar-refractivity contribution in [3.63, 3.8) is 0 Å². The number of aryl methyl sites for hydroxylation is 1. The summed E-state index contributed by atoms with van der Waals surface area (Å²) in [6, 6.07) is 22.0. The molecule has 0 unspecified atom stereocenters. The third kappa shape index (κ3) is 4.55. The van der Waals surface area contributed by atoms with Crippen molar-refractivity contribution >= 4 is 32.9 Å². The van der Waals surface area contributed by atoms with Gasteiger partial charge >= 0.3 is 0 Å². The Bertz CT molecular complexity index is 1120. The first-order valence-electron chi connectivity index (χ1n) is 9.23. The Morgan fingerprint density at radius 3 is 2.76 bits per heavy atom. The Morgan fingerprint density at radius 2 is 1.93 bits per heavy atom. The molecular weight excluding hydrogens is 382 g/mol. The third-order valence-electron chi connectivity index (χ3n) is 4.35. The molecule has 0 saturated carbocycles. The summed E-state index contributed by atoms with van der Waals surface area (Å²) in [6.07, 6.45) is 1.72. The number of thiazole rings is 1. The molecule has 0 aliphatic carbocycles. The molecule has 0 atom stereocenters. The van der Waals surface area contributed by atoms with Crippen LogP contribution in [0.5, 0.6) is 11.5 Å². The van der Waals surface area contributed by atoms with Crippen LogP contribution < -0.4 is 14.9 Å². The molecule has 146 valence electrons. The standard InChI is InChI=1S/C23H21N3O2S/c1-16-7-5-8-17(13-16)15-28-22-18(9-6-11-20(22)27-2)14-24-26-23-25-19-10-3-4-12-21(19)29-23/h3-14H,15H2,1-2H3,(H,25,26)/b24-14-. The fourth-order valence-corrected chi connectivity index (χ4v) is 3.80. The van der Waals surface area contributed by atoms with Crippen molar-refractivity contribution in [1.82, 2.24) is 4.98 Å². The lowest BCUT2D eigenvalue weighted by atomic mass is 10.1. The Balaban J connectivity index is 1.52. The average molecular weight is 404 g/mol. The van der Waals surface area contributed by atoms with Crippen molar-refractivity contribution in [2.24, 2.45) is 5.10 Å². The predicted molar refractivity (Wildman–Crippen MR) is 119 cm³/mol. The summed E-state index contributed by atoms with van der Waals surface area (Å²) in [7, 11) is 1.63. The highest BCUT2D eigenvalue weighted by atomic mass is 32.1. The van der Waals surface area contributed by atoms with Crippen LogP contribution in [0.3, 0.4) is 0 Å². The molecule has 1 aromatic heterocycles. The Morgan fingerprint density at radius 1 is 1.07 bits per heavy atom. The van der Waals surface area contributed by atoms with E-state index in [9.17, 15) is 0 Å². The number of para-hydroxylation sites is 2. The monoisotopic (exact) mass is 403 g/mol. The van der Waals surface area contributed by atoms with Crippen LogP contribution in [0.25, 0.3) is 10.2 Å². The van der Waals surface area contributed by atoms with Crippen molar-refractivity contribution in [2.45, 2.75) is 13.5 Å². The highest BCUT2D eigenvalue weighted by Crippen LogP contribution is 2.31. The van der Waals surface area contributed by atoms with Gasteiger partial charge in [-0.15, -0.1) is 0 Å². The van der Waals surface area contributed by atoms with Crippen molar-refractivity contribution in [3.8, 4) is 11.5 Å². The minimum atomic E-state index is 0.453. The van der Waals surface area contributed by atoms with Gasteiger partial charge in [0.2, 0.25) is 5.13 Å². The van der Waals surface area contributed by atoms with Crippen molar-refractivity contribution in [1.29, 1.82) is 0 Å². The maximum atomic E-state index is 6.09.